The summed E-state index contributed by atoms with van der Waals surface area (Å²) >= 11 is 0. The smallest absolute Gasteiger partial charge is 0.138 e. The Bertz CT molecular complexity index is 374. The van der Waals surface area contributed by atoms with Crippen LogP contribution in [0.15, 0.2) is 24.5 Å². The Morgan fingerprint density at radius 1 is 1.53 bits per heavy atom. The third-order valence-corrected chi connectivity index (χ3v) is 2.56. The second-order valence-electron chi connectivity index (χ2n) is 3.74. The van der Waals surface area contributed by atoms with Crippen molar-refractivity contribution in [2.24, 2.45) is 5.73 Å². The molecule has 0 amide bonds. The maximum atomic E-state index is 5.83. The molecule has 0 saturated heterocycles. The number of nitrogens with zero attached hydrogens (tertiary/aromatic N) is 1. The van der Waals surface area contributed by atoms with Gasteiger partial charge in [0.2, 0.25) is 0 Å². The summed E-state index contributed by atoms with van der Waals surface area (Å²) in [4.78, 5) is 4.17. The quantitative estimate of drug-likeness (QED) is 0.819. The summed E-state index contributed by atoms with van der Waals surface area (Å²) in [7, 11) is 0. The summed E-state index contributed by atoms with van der Waals surface area (Å²) in [5.41, 5.74) is 8.25. The van der Waals surface area contributed by atoms with E-state index in [1.165, 1.54) is 5.57 Å². The van der Waals surface area contributed by atoms with E-state index in [0.29, 0.717) is 6.61 Å². The molecule has 1 aliphatic carbocycles. The largest absolute Gasteiger partial charge is 0.492 e. The molecule has 0 spiro atoms. The first kappa shape index (κ1) is 10.2. The first-order valence-corrected chi connectivity index (χ1v) is 5.34. The SMILES string of the molecule is CCOc1cncc(C2=CC(N)CC2)c1. The van der Waals surface area contributed by atoms with Crippen molar-refractivity contribution in [1.82, 2.24) is 4.98 Å². The molecule has 0 radical (unpaired) electrons. The normalized spacial score (nSPS) is 20.1. The first-order chi connectivity index (χ1) is 7.29. The van der Waals surface area contributed by atoms with Crippen molar-refractivity contribution >= 4 is 5.57 Å². The van der Waals surface area contributed by atoms with Crippen molar-refractivity contribution < 1.29 is 4.74 Å². The fourth-order valence-electron chi connectivity index (χ4n) is 1.83. The molecule has 15 heavy (non-hydrogen) atoms. The fraction of sp³-hybridized carbons (Fsp3) is 0.417. The summed E-state index contributed by atoms with van der Waals surface area (Å²) < 4.78 is 5.41. The average molecular weight is 204 g/mol. The summed E-state index contributed by atoms with van der Waals surface area (Å²) in [5, 5.41) is 0. The van der Waals surface area contributed by atoms with Gasteiger partial charge in [-0.1, -0.05) is 6.08 Å². The van der Waals surface area contributed by atoms with Gasteiger partial charge in [-0.25, -0.2) is 0 Å². The molecule has 1 aromatic rings. The van der Waals surface area contributed by atoms with Crippen LogP contribution in [0.3, 0.4) is 0 Å². The molecule has 2 N–H and O–H groups in total. The molecule has 0 aliphatic heterocycles. The third kappa shape index (κ3) is 2.36. The lowest BCUT2D eigenvalue weighted by molar-refractivity contribution is 0.339. The minimum absolute atomic E-state index is 0.204. The zero-order chi connectivity index (χ0) is 10.7. The van der Waals surface area contributed by atoms with Crippen LogP contribution in [-0.2, 0) is 0 Å². The lowest BCUT2D eigenvalue weighted by Gasteiger charge is -2.05. The van der Waals surface area contributed by atoms with E-state index >= 15 is 0 Å². The molecule has 1 aliphatic rings. The molecule has 0 saturated carbocycles. The highest BCUT2D eigenvalue weighted by Gasteiger charge is 2.13. The predicted molar refractivity (Wildman–Crippen MR) is 60.6 cm³/mol. The molecule has 1 heterocycles. The van der Waals surface area contributed by atoms with Gasteiger partial charge in [0, 0.05) is 12.2 Å². The van der Waals surface area contributed by atoms with E-state index in [9.17, 15) is 0 Å². The molecule has 1 aromatic heterocycles. The summed E-state index contributed by atoms with van der Waals surface area (Å²) in [5.74, 6) is 0.830. The fourth-order valence-corrected chi connectivity index (χ4v) is 1.83. The van der Waals surface area contributed by atoms with E-state index in [1.54, 1.807) is 6.20 Å². The van der Waals surface area contributed by atoms with Gasteiger partial charge < -0.3 is 10.5 Å². The minimum Gasteiger partial charge on any atom is -0.492 e. The summed E-state index contributed by atoms with van der Waals surface area (Å²) in [6.45, 7) is 2.64. The van der Waals surface area contributed by atoms with Crippen molar-refractivity contribution in [3.63, 3.8) is 0 Å². The molecule has 0 fully saturated rings. The van der Waals surface area contributed by atoms with Crippen LogP contribution in [0.1, 0.15) is 25.3 Å². The molecule has 0 aromatic carbocycles. The van der Waals surface area contributed by atoms with E-state index < -0.39 is 0 Å². The van der Waals surface area contributed by atoms with Crippen LogP contribution in [0.4, 0.5) is 0 Å². The van der Waals surface area contributed by atoms with Crippen LogP contribution in [0.25, 0.3) is 5.57 Å². The Hall–Kier alpha value is -1.35. The van der Waals surface area contributed by atoms with Crippen LogP contribution in [0.2, 0.25) is 0 Å². The lowest BCUT2D eigenvalue weighted by atomic mass is 10.1. The van der Waals surface area contributed by atoms with Gasteiger partial charge in [0.15, 0.2) is 0 Å². The third-order valence-electron chi connectivity index (χ3n) is 2.56. The number of hydrogen-bond donors (Lipinski definition) is 1. The molecule has 0 bridgehead atoms. The van der Waals surface area contributed by atoms with Gasteiger partial charge in [0.1, 0.15) is 5.75 Å². The maximum absolute atomic E-state index is 5.83. The average Bonchev–Trinajstić information content (AvgIpc) is 2.66. The molecular weight excluding hydrogens is 188 g/mol. The van der Waals surface area contributed by atoms with Gasteiger partial charge >= 0.3 is 0 Å². The maximum Gasteiger partial charge on any atom is 0.138 e. The second kappa shape index (κ2) is 4.45. The van der Waals surface area contributed by atoms with Crippen molar-refractivity contribution in [2.75, 3.05) is 6.61 Å². The van der Waals surface area contributed by atoms with E-state index in [2.05, 4.69) is 11.1 Å². The highest BCUT2D eigenvalue weighted by molar-refractivity contribution is 5.68. The number of aromatic nitrogens is 1. The zero-order valence-corrected chi connectivity index (χ0v) is 8.94. The number of hydrogen-bond acceptors (Lipinski definition) is 3. The zero-order valence-electron chi connectivity index (χ0n) is 8.94. The van der Waals surface area contributed by atoms with Gasteiger partial charge in [-0.2, -0.15) is 0 Å². The molecule has 80 valence electrons. The minimum atomic E-state index is 0.204. The summed E-state index contributed by atoms with van der Waals surface area (Å²) in [6, 6.07) is 2.23. The number of allylic oxidation sites excluding steroid dienone is 1. The monoisotopic (exact) mass is 204 g/mol. The van der Waals surface area contributed by atoms with Crippen LogP contribution in [0, 0.1) is 0 Å². The van der Waals surface area contributed by atoms with Gasteiger partial charge in [-0.05, 0) is 37.0 Å². The van der Waals surface area contributed by atoms with Crippen molar-refractivity contribution in [2.45, 2.75) is 25.8 Å². The van der Waals surface area contributed by atoms with Crippen LogP contribution in [0.5, 0.6) is 5.75 Å². The van der Waals surface area contributed by atoms with Gasteiger partial charge in [-0.3, -0.25) is 4.98 Å². The van der Waals surface area contributed by atoms with Gasteiger partial charge in [0.25, 0.3) is 0 Å². The number of nitrogens with two attached hydrogens (primary N) is 1. The Kier molecular flexibility index (Phi) is 3.02. The van der Waals surface area contributed by atoms with Crippen molar-refractivity contribution in [3.05, 3.63) is 30.1 Å². The highest BCUT2D eigenvalue weighted by atomic mass is 16.5. The molecule has 2 rings (SSSR count). The van der Waals surface area contributed by atoms with E-state index in [0.717, 1.165) is 24.2 Å². The lowest BCUT2D eigenvalue weighted by Crippen LogP contribution is -2.11. The predicted octanol–water partition coefficient (Wildman–Crippen LogP) is 1.98. The first-order valence-electron chi connectivity index (χ1n) is 5.34. The Labute approximate surface area is 90.0 Å². The number of pyridine rings is 1. The van der Waals surface area contributed by atoms with E-state index in [-0.39, 0.29) is 6.04 Å². The van der Waals surface area contributed by atoms with Gasteiger partial charge in [-0.15, -0.1) is 0 Å². The number of ether oxygens (including phenoxy) is 1. The standard InChI is InChI=1S/C12H16N2O/c1-2-15-12-6-10(7-14-8-12)9-3-4-11(13)5-9/h5-8,11H,2-4,13H2,1H3. The van der Waals surface area contributed by atoms with Gasteiger partial charge in [0.05, 0.1) is 12.8 Å². The van der Waals surface area contributed by atoms with E-state index in [4.69, 9.17) is 10.5 Å². The molecule has 3 heteroatoms. The topological polar surface area (TPSA) is 48.1 Å². The highest BCUT2D eigenvalue weighted by Crippen LogP contribution is 2.28. The Balaban J connectivity index is 2.21. The van der Waals surface area contributed by atoms with Crippen LogP contribution in [-0.4, -0.2) is 17.6 Å². The van der Waals surface area contributed by atoms with Crippen LogP contribution < -0.4 is 10.5 Å². The summed E-state index contributed by atoms with van der Waals surface area (Å²) in [6.07, 6.45) is 7.80. The van der Waals surface area contributed by atoms with E-state index in [1.807, 2.05) is 19.2 Å². The van der Waals surface area contributed by atoms with Crippen LogP contribution >= 0.6 is 0 Å². The Morgan fingerprint density at radius 2 is 2.40 bits per heavy atom. The van der Waals surface area contributed by atoms with Crippen molar-refractivity contribution in [1.29, 1.82) is 0 Å². The molecule has 3 nitrogen and oxygen atoms in total. The molecular formula is C12H16N2O. The van der Waals surface area contributed by atoms with Crippen molar-refractivity contribution in [3.8, 4) is 5.75 Å². The molecule has 1 unspecified atom stereocenters. The second-order valence-corrected chi connectivity index (χ2v) is 3.74. The molecule has 1 atom stereocenters. The Morgan fingerprint density at radius 3 is 3.07 bits per heavy atom. The number of rotatable bonds is 3.